The first-order chi connectivity index (χ1) is 10.7. The van der Waals surface area contributed by atoms with Gasteiger partial charge in [0.25, 0.3) is 0 Å². The Morgan fingerprint density at radius 1 is 1.32 bits per heavy atom. The first kappa shape index (κ1) is 14.9. The van der Waals surface area contributed by atoms with Crippen LogP contribution in [0.4, 0.5) is 0 Å². The molecule has 2 bridgehead atoms. The fourth-order valence-corrected chi connectivity index (χ4v) is 5.76. The number of piperidine rings is 3. The van der Waals surface area contributed by atoms with Crippen LogP contribution < -0.4 is 0 Å². The molecule has 0 radical (unpaired) electrons. The van der Waals surface area contributed by atoms with E-state index < -0.39 is 0 Å². The zero-order valence-electron chi connectivity index (χ0n) is 12.6. The van der Waals surface area contributed by atoms with Crippen LogP contribution in [0.5, 0.6) is 0 Å². The van der Waals surface area contributed by atoms with E-state index >= 15 is 0 Å². The fourth-order valence-electron chi connectivity index (χ4n) is 4.05. The summed E-state index contributed by atoms with van der Waals surface area (Å²) in [6, 6.07) is 8.42. The highest BCUT2D eigenvalue weighted by atomic mass is 79.9. The standard InChI is InChI=1S/C18H20BrNOS/c19-17-3-1-2-13-9-16(22-18(13)17)10-15(21)8-14-11-20-6-4-12(14)5-7-20/h1-3,9,12,14H,4-8,10-11H2. The fraction of sp³-hybridized carbons (Fsp3) is 0.500. The lowest BCUT2D eigenvalue weighted by atomic mass is 9.76. The summed E-state index contributed by atoms with van der Waals surface area (Å²) in [6.45, 7) is 3.65. The molecule has 2 aromatic rings. The van der Waals surface area contributed by atoms with Gasteiger partial charge in [0.2, 0.25) is 0 Å². The molecule has 0 saturated carbocycles. The van der Waals surface area contributed by atoms with Crippen molar-refractivity contribution in [3.8, 4) is 0 Å². The summed E-state index contributed by atoms with van der Waals surface area (Å²) in [6.07, 6.45) is 3.98. The minimum Gasteiger partial charge on any atom is -0.303 e. The van der Waals surface area contributed by atoms with Gasteiger partial charge in [0.1, 0.15) is 5.78 Å². The zero-order chi connectivity index (χ0) is 15.1. The molecule has 3 saturated heterocycles. The number of ketones is 1. The van der Waals surface area contributed by atoms with Crippen LogP contribution in [0.3, 0.4) is 0 Å². The summed E-state index contributed by atoms with van der Waals surface area (Å²) in [4.78, 5) is 16.2. The summed E-state index contributed by atoms with van der Waals surface area (Å²) in [5.41, 5.74) is 0. The van der Waals surface area contributed by atoms with E-state index in [1.807, 2.05) is 0 Å². The Kier molecular flexibility index (Phi) is 4.09. The van der Waals surface area contributed by atoms with Crippen molar-refractivity contribution >= 4 is 43.1 Å². The van der Waals surface area contributed by atoms with Crippen LogP contribution in [-0.2, 0) is 11.2 Å². The average Bonchev–Trinajstić information content (AvgIpc) is 2.92. The molecule has 22 heavy (non-hydrogen) atoms. The lowest BCUT2D eigenvalue weighted by molar-refractivity contribution is -0.120. The lowest BCUT2D eigenvalue weighted by Crippen LogP contribution is -2.47. The first-order valence-electron chi connectivity index (χ1n) is 8.10. The maximum atomic E-state index is 12.5. The molecule has 2 nitrogen and oxygen atoms in total. The van der Waals surface area contributed by atoms with Crippen LogP contribution in [0.15, 0.2) is 28.7 Å². The summed E-state index contributed by atoms with van der Waals surface area (Å²) in [5.74, 6) is 1.82. The molecule has 3 aliphatic heterocycles. The molecule has 5 rings (SSSR count). The number of rotatable bonds is 4. The highest BCUT2D eigenvalue weighted by Gasteiger charge is 2.34. The van der Waals surface area contributed by atoms with Gasteiger partial charge in [-0.15, -0.1) is 11.3 Å². The molecule has 3 aliphatic rings. The molecular weight excluding hydrogens is 358 g/mol. The Morgan fingerprint density at radius 3 is 2.82 bits per heavy atom. The molecule has 1 aromatic heterocycles. The third-order valence-corrected chi connectivity index (χ3v) is 7.31. The maximum absolute atomic E-state index is 12.5. The number of hydrogen-bond donors (Lipinski definition) is 0. The minimum atomic E-state index is 0.418. The second kappa shape index (κ2) is 6.06. The summed E-state index contributed by atoms with van der Waals surface area (Å²) < 4.78 is 2.39. The van der Waals surface area contributed by atoms with Gasteiger partial charge in [-0.25, -0.2) is 0 Å². The van der Waals surface area contributed by atoms with Crippen LogP contribution in [0.2, 0.25) is 0 Å². The number of hydrogen-bond acceptors (Lipinski definition) is 3. The van der Waals surface area contributed by atoms with Crippen LogP contribution in [-0.4, -0.2) is 30.3 Å². The zero-order valence-corrected chi connectivity index (χ0v) is 15.0. The van der Waals surface area contributed by atoms with Crippen LogP contribution in [0, 0.1) is 11.8 Å². The van der Waals surface area contributed by atoms with E-state index in [4.69, 9.17) is 0 Å². The number of halogens is 1. The smallest absolute Gasteiger partial charge is 0.138 e. The molecule has 4 heteroatoms. The van der Waals surface area contributed by atoms with E-state index in [9.17, 15) is 4.79 Å². The maximum Gasteiger partial charge on any atom is 0.138 e. The third kappa shape index (κ3) is 2.89. The summed E-state index contributed by atoms with van der Waals surface area (Å²) in [7, 11) is 0. The molecular formula is C18H20BrNOS. The second-order valence-electron chi connectivity index (χ2n) is 6.69. The molecule has 1 atom stereocenters. The van der Waals surface area contributed by atoms with Gasteiger partial charge in [0.05, 0.1) is 0 Å². The van der Waals surface area contributed by atoms with Crippen molar-refractivity contribution in [3.05, 3.63) is 33.6 Å². The van der Waals surface area contributed by atoms with E-state index in [0.717, 1.165) is 23.4 Å². The van der Waals surface area contributed by atoms with E-state index in [0.29, 0.717) is 18.1 Å². The summed E-state index contributed by atoms with van der Waals surface area (Å²) in [5, 5.41) is 1.24. The van der Waals surface area contributed by atoms with Crippen molar-refractivity contribution in [3.63, 3.8) is 0 Å². The topological polar surface area (TPSA) is 20.3 Å². The number of thiophene rings is 1. The van der Waals surface area contributed by atoms with E-state index in [1.165, 1.54) is 40.9 Å². The molecule has 3 fully saturated rings. The Balaban J connectivity index is 1.44. The van der Waals surface area contributed by atoms with Crippen molar-refractivity contribution in [1.29, 1.82) is 0 Å². The molecule has 1 unspecified atom stereocenters. The molecule has 0 spiro atoms. The van der Waals surface area contributed by atoms with Gasteiger partial charge in [-0.2, -0.15) is 0 Å². The quantitative estimate of drug-likeness (QED) is 0.781. The molecule has 0 aliphatic carbocycles. The van der Waals surface area contributed by atoms with Crippen molar-refractivity contribution < 1.29 is 4.79 Å². The Labute approximate surface area is 143 Å². The van der Waals surface area contributed by atoms with Crippen molar-refractivity contribution in [2.24, 2.45) is 11.8 Å². The Hall–Kier alpha value is -0.710. The van der Waals surface area contributed by atoms with Crippen molar-refractivity contribution in [2.75, 3.05) is 19.6 Å². The van der Waals surface area contributed by atoms with E-state index in [1.54, 1.807) is 11.3 Å². The van der Waals surface area contributed by atoms with Gasteiger partial charge in [-0.1, -0.05) is 12.1 Å². The number of nitrogens with zero attached hydrogens (tertiary/aromatic N) is 1. The molecule has 1 aromatic carbocycles. The molecule has 0 N–H and O–H groups in total. The predicted molar refractivity (Wildman–Crippen MR) is 95.5 cm³/mol. The SMILES string of the molecule is O=C(Cc1cc2cccc(Br)c2s1)CC1CN2CCC1CC2. The number of carbonyl (C=O) groups excluding carboxylic acids is 1. The van der Waals surface area contributed by atoms with E-state index in [-0.39, 0.29) is 0 Å². The highest BCUT2D eigenvalue weighted by molar-refractivity contribution is 9.10. The largest absolute Gasteiger partial charge is 0.303 e. The monoisotopic (exact) mass is 377 g/mol. The van der Waals surface area contributed by atoms with Gasteiger partial charge in [0.15, 0.2) is 0 Å². The number of Topliss-reactive ketones (excluding diaryl/α,β-unsaturated/α-hetero) is 1. The van der Waals surface area contributed by atoms with Gasteiger partial charge in [-0.3, -0.25) is 4.79 Å². The van der Waals surface area contributed by atoms with Gasteiger partial charge in [0, 0.05) is 33.4 Å². The van der Waals surface area contributed by atoms with Gasteiger partial charge in [-0.05, 0) is 71.2 Å². The summed E-state index contributed by atoms with van der Waals surface area (Å²) >= 11 is 5.35. The lowest BCUT2D eigenvalue weighted by Gasteiger charge is -2.44. The van der Waals surface area contributed by atoms with Crippen molar-refractivity contribution in [2.45, 2.75) is 25.7 Å². The van der Waals surface area contributed by atoms with E-state index in [2.05, 4.69) is 45.1 Å². The average molecular weight is 378 g/mol. The molecule has 116 valence electrons. The van der Waals surface area contributed by atoms with Gasteiger partial charge >= 0.3 is 0 Å². The van der Waals surface area contributed by atoms with Crippen LogP contribution >= 0.6 is 27.3 Å². The van der Waals surface area contributed by atoms with Crippen LogP contribution in [0.25, 0.3) is 10.1 Å². The molecule has 0 amide bonds. The molecule has 4 heterocycles. The number of carbonyl (C=O) groups is 1. The van der Waals surface area contributed by atoms with Crippen LogP contribution in [0.1, 0.15) is 24.1 Å². The highest BCUT2D eigenvalue weighted by Crippen LogP contribution is 2.36. The van der Waals surface area contributed by atoms with Crippen molar-refractivity contribution in [1.82, 2.24) is 4.90 Å². The minimum absolute atomic E-state index is 0.418. The Bertz CT molecular complexity index is 702. The number of benzene rings is 1. The third-order valence-electron chi connectivity index (χ3n) is 5.20. The van der Waals surface area contributed by atoms with Gasteiger partial charge < -0.3 is 4.90 Å². The Morgan fingerprint density at radius 2 is 2.14 bits per heavy atom. The first-order valence-corrected chi connectivity index (χ1v) is 9.71. The number of fused-ring (bicyclic) bond motifs is 4. The normalized spacial score (nSPS) is 27.4. The predicted octanol–water partition coefficient (Wildman–Crippen LogP) is 4.51. The second-order valence-corrected chi connectivity index (χ2v) is 8.68.